The minimum atomic E-state index is -2.88. The summed E-state index contributed by atoms with van der Waals surface area (Å²) in [7, 11) is 1.55. The van der Waals surface area contributed by atoms with E-state index in [9.17, 15) is 13.6 Å². The minimum absolute atomic E-state index is 0. The number of rotatable bonds is 6. The van der Waals surface area contributed by atoms with E-state index in [0.29, 0.717) is 11.5 Å². The zero-order chi connectivity index (χ0) is 18.2. The van der Waals surface area contributed by atoms with Crippen LogP contribution in [0, 0.1) is 0 Å². The molecule has 3 N–H and O–H groups in total. The number of amides is 1. The monoisotopic (exact) mass is 470 g/mol. The summed E-state index contributed by atoms with van der Waals surface area (Å²) in [5.41, 5.74) is 0.237. The molecule has 0 heterocycles. The van der Waals surface area contributed by atoms with Crippen molar-refractivity contribution in [3.05, 3.63) is 29.8 Å². The number of nitrogens with one attached hydrogen (secondary N) is 3. The second kappa shape index (κ2) is 11.1. The summed E-state index contributed by atoms with van der Waals surface area (Å²) in [5, 5.41) is 8.63. The smallest absolute Gasteiger partial charge is 0.387 e. The van der Waals surface area contributed by atoms with Crippen LogP contribution in [0.25, 0.3) is 0 Å². The summed E-state index contributed by atoms with van der Waals surface area (Å²) in [5.74, 6) is 0.304. The third kappa shape index (κ3) is 10.0. The molecule has 0 aliphatic carbocycles. The van der Waals surface area contributed by atoms with Crippen molar-refractivity contribution in [2.75, 3.05) is 13.6 Å². The van der Waals surface area contributed by atoms with E-state index in [1.807, 2.05) is 20.8 Å². The van der Waals surface area contributed by atoms with Crippen LogP contribution >= 0.6 is 24.0 Å². The number of halogens is 3. The van der Waals surface area contributed by atoms with Gasteiger partial charge >= 0.3 is 6.61 Å². The van der Waals surface area contributed by atoms with Crippen molar-refractivity contribution in [2.24, 2.45) is 4.99 Å². The van der Waals surface area contributed by atoms with Gasteiger partial charge in [0.25, 0.3) is 0 Å². The molecule has 0 aromatic heterocycles. The van der Waals surface area contributed by atoms with Crippen molar-refractivity contribution >= 4 is 35.8 Å². The maximum atomic E-state index is 12.4. The molecule has 1 aromatic carbocycles. The standard InChI is InChI=1S/C16H24F2N4O2.HI/c1-16(2,3)22-13(23)10-21-15(19-4)20-9-11-7-5-6-8-12(11)24-14(17)18;/h5-8,14H,9-10H2,1-4H3,(H,22,23)(H2,19,20,21);1H. The Kier molecular flexibility index (Phi) is 10.3. The molecule has 1 aromatic rings. The Labute approximate surface area is 163 Å². The van der Waals surface area contributed by atoms with Crippen molar-refractivity contribution in [3.63, 3.8) is 0 Å². The summed E-state index contributed by atoms with van der Waals surface area (Å²) in [6.45, 7) is 3.05. The maximum Gasteiger partial charge on any atom is 0.387 e. The maximum absolute atomic E-state index is 12.4. The molecule has 0 spiro atoms. The number of carbonyl (C=O) groups excluding carboxylic acids is 1. The Hall–Kier alpha value is -1.65. The highest BCUT2D eigenvalue weighted by atomic mass is 127. The largest absolute Gasteiger partial charge is 0.434 e. The van der Waals surface area contributed by atoms with Crippen LogP contribution < -0.4 is 20.7 Å². The molecule has 0 saturated heterocycles. The molecule has 0 aliphatic rings. The van der Waals surface area contributed by atoms with Crippen molar-refractivity contribution in [2.45, 2.75) is 39.5 Å². The average molecular weight is 470 g/mol. The summed E-state index contributed by atoms with van der Waals surface area (Å²) in [6, 6.07) is 6.48. The minimum Gasteiger partial charge on any atom is -0.434 e. The lowest BCUT2D eigenvalue weighted by Gasteiger charge is -2.21. The topological polar surface area (TPSA) is 74.8 Å². The normalized spacial score (nSPS) is 11.6. The van der Waals surface area contributed by atoms with Crippen LogP contribution in [0.15, 0.2) is 29.3 Å². The second-order valence-electron chi connectivity index (χ2n) is 6.06. The summed E-state index contributed by atoms with van der Waals surface area (Å²) in [4.78, 5) is 15.8. The number of ether oxygens (including phenoxy) is 1. The van der Waals surface area contributed by atoms with Gasteiger partial charge in [0.1, 0.15) is 5.75 Å². The van der Waals surface area contributed by atoms with Crippen LogP contribution in [0.3, 0.4) is 0 Å². The molecule has 25 heavy (non-hydrogen) atoms. The molecule has 1 rings (SSSR count). The average Bonchev–Trinajstić information content (AvgIpc) is 2.46. The highest BCUT2D eigenvalue weighted by molar-refractivity contribution is 14.0. The summed E-state index contributed by atoms with van der Waals surface area (Å²) >= 11 is 0. The van der Waals surface area contributed by atoms with Crippen molar-refractivity contribution in [1.82, 2.24) is 16.0 Å². The molecule has 0 fully saturated rings. The number of aliphatic imine (C=N–C) groups is 1. The molecule has 0 saturated carbocycles. The zero-order valence-corrected chi connectivity index (χ0v) is 17.1. The molecule has 9 heteroatoms. The summed E-state index contributed by atoms with van der Waals surface area (Å²) < 4.78 is 29.2. The lowest BCUT2D eigenvalue weighted by molar-refractivity contribution is -0.121. The van der Waals surface area contributed by atoms with Crippen LogP contribution in [-0.2, 0) is 11.3 Å². The van der Waals surface area contributed by atoms with E-state index in [1.165, 1.54) is 6.07 Å². The van der Waals surface area contributed by atoms with Gasteiger partial charge in [0.05, 0.1) is 6.54 Å². The Balaban J connectivity index is 0.00000576. The summed E-state index contributed by atoms with van der Waals surface area (Å²) in [6.07, 6.45) is 0. The number of benzene rings is 1. The first kappa shape index (κ1) is 23.4. The van der Waals surface area contributed by atoms with E-state index in [0.717, 1.165) is 0 Å². The zero-order valence-electron chi connectivity index (χ0n) is 14.7. The highest BCUT2D eigenvalue weighted by Crippen LogP contribution is 2.19. The van der Waals surface area contributed by atoms with Gasteiger partial charge < -0.3 is 20.7 Å². The first-order valence-corrected chi connectivity index (χ1v) is 7.49. The lowest BCUT2D eigenvalue weighted by atomic mass is 10.1. The third-order valence-corrected chi connectivity index (χ3v) is 2.79. The number of para-hydroxylation sites is 1. The van der Waals surface area contributed by atoms with Gasteiger partial charge in [-0.2, -0.15) is 8.78 Å². The predicted molar refractivity (Wildman–Crippen MR) is 105 cm³/mol. The van der Waals surface area contributed by atoms with Crippen LogP contribution in [-0.4, -0.2) is 37.6 Å². The Morgan fingerprint density at radius 3 is 2.44 bits per heavy atom. The number of alkyl halides is 2. The molecule has 0 radical (unpaired) electrons. The second-order valence-corrected chi connectivity index (χ2v) is 6.06. The van der Waals surface area contributed by atoms with E-state index < -0.39 is 6.61 Å². The third-order valence-electron chi connectivity index (χ3n) is 2.79. The number of hydrogen-bond donors (Lipinski definition) is 3. The van der Waals surface area contributed by atoms with E-state index in [2.05, 4.69) is 25.7 Å². The van der Waals surface area contributed by atoms with Gasteiger partial charge in [-0.05, 0) is 26.8 Å². The number of nitrogens with zero attached hydrogens (tertiary/aromatic N) is 1. The van der Waals surface area contributed by atoms with Crippen LogP contribution in [0.1, 0.15) is 26.3 Å². The number of hydrogen-bond acceptors (Lipinski definition) is 3. The Morgan fingerprint density at radius 1 is 1.24 bits per heavy atom. The highest BCUT2D eigenvalue weighted by Gasteiger charge is 2.14. The van der Waals surface area contributed by atoms with E-state index in [1.54, 1.807) is 25.2 Å². The Morgan fingerprint density at radius 2 is 1.88 bits per heavy atom. The number of guanidine groups is 1. The quantitative estimate of drug-likeness (QED) is 0.340. The van der Waals surface area contributed by atoms with Gasteiger partial charge in [0, 0.05) is 24.7 Å². The molecule has 0 bridgehead atoms. The molecule has 0 atom stereocenters. The van der Waals surface area contributed by atoms with Gasteiger partial charge in [0.15, 0.2) is 5.96 Å². The molecular weight excluding hydrogens is 445 g/mol. The SMILES string of the molecule is CN=C(NCC(=O)NC(C)(C)C)NCc1ccccc1OC(F)F.I. The van der Waals surface area contributed by atoms with Gasteiger partial charge in [-0.25, -0.2) is 0 Å². The van der Waals surface area contributed by atoms with Gasteiger partial charge in [-0.1, -0.05) is 18.2 Å². The van der Waals surface area contributed by atoms with Gasteiger partial charge in [-0.15, -0.1) is 24.0 Å². The fourth-order valence-corrected chi connectivity index (χ4v) is 1.89. The Bertz CT molecular complexity index is 577. The fraction of sp³-hybridized carbons (Fsp3) is 0.500. The van der Waals surface area contributed by atoms with E-state index in [4.69, 9.17) is 0 Å². The molecule has 0 unspecified atom stereocenters. The van der Waals surface area contributed by atoms with E-state index >= 15 is 0 Å². The van der Waals surface area contributed by atoms with Crippen molar-refractivity contribution in [3.8, 4) is 5.75 Å². The lowest BCUT2D eigenvalue weighted by Crippen LogP contribution is -2.48. The fourth-order valence-electron chi connectivity index (χ4n) is 1.89. The van der Waals surface area contributed by atoms with E-state index in [-0.39, 0.29) is 54.3 Å². The van der Waals surface area contributed by atoms with Gasteiger partial charge in [-0.3, -0.25) is 9.79 Å². The molecule has 0 aliphatic heterocycles. The molecule has 142 valence electrons. The van der Waals surface area contributed by atoms with Crippen molar-refractivity contribution < 1.29 is 18.3 Å². The molecule has 1 amide bonds. The van der Waals surface area contributed by atoms with Crippen LogP contribution in [0.5, 0.6) is 5.75 Å². The first-order chi connectivity index (χ1) is 11.2. The van der Waals surface area contributed by atoms with Crippen molar-refractivity contribution in [1.29, 1.82) is 0 Å². The molecule has 6 nitrogen and oxygen atoms in total. The molecular formula is C16H25F2IN4O2. The predicted octanol–water partition coefficient (Wildman–Crippen LogP) is 2.49. The van der Waals surface area contributed by atoms with Gasteiger partial charge in [0.2, 0.25) is 5.91 Å². The van der Waals surface area contributed by atoms with Crippen LogP contribution in [0.2, 0.25) is 0 Å². The van der Waals surface area contributed by atoms with Crippen LogP contribution in [0.4, 0.5) is 8.78 Å². The first-order valence-electron chi connectivity index (χ1n) is 7.49. The number of carbonyl (C=O) groups is 1.